The van der Waals surface area contributed by atoms with Crippen LogP contribution in [0.15, 0.2) is 34.4 Å². The molecular formula is C10Fe. The van der Waals surface area contributed by atoms with E-state index in [1.807, 2.05) is 0 Å². The molecule has 0 aliphatic heterocycles. The van der Waals surface area contributed by atoms with Gasteiger partial charge in [-0.3, -0.25) is 22.9 Å². The second-order valence-corrected chi connectivity index (χ2v) is 1.25. The van der Waals surface area contributed by atoms with Gasteiger partial charge in [0.05, 0.1) is 0 Å². The topological polar surface area (TPSA) is 0 Å². The maximum Gasteiger partial charge on any atom is 2.00 e. The van der Waals surface area contributed by atoms with Crippen molar-refractivity contribution >= 4 is 0 Å². The van der Waals surface area contributed by atoms with Gasteiger partial charge < -0.3 is 0 Å². The molecule has 0 amide bonds. The van der Waals surface area contributed by atoms with Crippen molar-refractivity contribution in [2.45, 2.75) is 0 Å². The Morgan fingerprint density at radius 1 is 0.636 bits per heavy atom. The minimum atomic E-state index is 0. The van der Waals surface area contributed by atoms with Crippen LogP contribution in [0.3, 0.4) is 0 Å². The molecule has 48 valence electrons. The molecular weight excluding hydrogens is 176 g/mol. The predicted octanol–water partition coefficient (Wildman–Crippen LogP) is 1.25. The largest absolute Gasteiger partial charge is 2.00 e. The van der Waals surface area contributed by atoms with Crippen molar-refractivity contribution in [3.8, 4) is 0 Å². The molecule has 0 bridgehead atoms. The molecule has 0 unspecified atom stereocenters. The molecule has 0 nitrogen and oxygen atoms in total. The van der Waals surface area contributed by atoms with Gasteiger partial charge in [0.1, 0.15) is 0 Å². The Balaban J connectivity index is 0.000000167. The summed E-state index contributed by atoms with van der Waals surface area (Å²) >= 11 is 0. The van der Waals surface area contributed by atoms with Crippen LogP contribution in [0.4, 0.5) is 0 Å². The van der Waals surface area contributed by atoms with Crippen molar-refractivity contribution in [2.24, 2.45) is 0 Å². The van der Waals surface area contributed by atoms with Crippen molar-refractivity contribution in [1.82, 2.24) is 0 Å². The van der Waals surface area contributed by atoms with Crippen molar-refractivity contribution in [3.05, 3.63) is 58.7 Å². The minimum Gasteiger partial charge on any atom is -0.288 e. The van der Waals surface area contributed by atoms with E-state index < -0.39 is 0 Å². The average Bonchev–Trinajstić information content (AvgIpc) is 2.67. The summed E-state index contributed by atoms with van der Waals surface area (Å²) in [6, 6.07) is 0. The third kappa shape index (κ3) is 5.14. The zero-order valence-electron chi connectivity index (χ0n) is 5.35. The van der Waals surface area contributed by atoms with E-state index in [0.29, 0.717) is 0 Å². The van der Waals surface area contributed by atoms with Crippen LogP contribution in [0.2, 0.25) is 0 Å². The summed E-state index contributed by atoms with van der Waals surface area (Å²) in [5.41, 5.74) is 15.0. The first-order chi connectivity index (χ1) is 5.00. The van der Waals surface area contributed by atoms with E-state index in [4.69, 9.17) is 0 Å². The summed E-state index contributed by atoms with van der Waals surface area (Å²) in [6.07, 6.45) is 10.0. The molecule has 2 radical (unpaired) electrons. The maximum absolute atomic E-state index is 2.50. The summed E-state index contributed by atoms with van der Waals surface area (Å²) in [6.45, 7) is 0. The summed E-state index contributed by atoms with van der Waals surface area (Å²) in [5, 5.41) is 0. The molecule has 0 aromatic heterocycles. The molecule has 0 saturated carbocycles. The molecule has 0 spiro atoms. The van der Waals surface area contributed by atoms with Crippen molar-refractivity contribution in [3.63, 3.8) is 0 Å². The quantitative estimate of drug-likeness (QED) is 0.296. The van der Waals surface area contributed by atoms with Crippen LogP contribution in [-0.4, -0.2) is 0 Å². The first-order valence-electron chi connectivity index (χ1n) is 2.50. The standard InChI is InChI=1S/2C5.Fe/c2*1-2-4-5-3-1;/q2*-1;+2. The zero-order valence-corrected chi connectivity index (χ0v) is 6.46. The normalized spacial score (nSPS) is 10.2. The molecule has 0 atom stereocenters. The number of hydrogen-bond donors (Lipinski definition) is 0. The van der Waals surface area contributed by atoms with Gasteiger partial charge in [-0.05, 0) is 0 Å². The molecule has 11 heavy (non-hydrogen) atoms. The summed E-state index contributed by atoms with van der Waals surface area (Å²) < 4.78 is 0. The SMILES string of the molecule is [C]1=C=C=C=[C-]1.[C]1=C=C=C=[C-]1.[Fe+2]. The third-order valence-electron chi connectivity index (χ3n) is 0.625. The zero-order chi connectivity index (χ0) is 7.07. The first kappa shape index (κ1) is 9.68. The van der Waals surface area contributed by atoms with Gasteiger partial charge in [-0.15, -0.1) is 24.3 Å². The fourth-order valence-electron chi connectivity index (χ4n) is 0.312. The van der Waals surface area contributed by atoms with Crippen molar-refractivity contribution in [1.29, 1.82) is 0 Å². The van der Waals surface area contributed by atoms with Gasteiger partial charge in [0, 0.05) is 0 Å². The Morgan fingerprint density at radius 3 is 1.18 bits per heavy atom. The van der Waals surface area contributed by atoms with Gasteiger partial charge >= 0.3 is 17.1 Å². The van der Waals surface area contributed by atoms with E-state index in [1.54, 1.807) is 0 Å². The van der Waals surface area contributed by atoms with Crippen molar-refractivity contribution in [2.75, 3.05) is 0 Å². The van der Waals surface area contributed by atoms with Gasteiger partial charge in [0.25, 0.3) is 0 Å². The molecule has 0 aromatic carbocycles. The fraction of sp³-hybridized carbons (Fsp3) is 0. The van der Waals surface area contributed by atoms with Crippen LogP contribution >= 0.6 is 0 Å². The second-order valence-electron chi connectivity index (χ2n) is 1.25. The Labute approximate surface area is 76.1 Å². The van der Waals surface area contributed by atoms with E-state index in [2.05, 4.69) is 58.7 Å². The Morgan fingerprint density at radius 2 is 1.09 bits per heavy atom. The van der Waals surface area contributed by atoms with E-state index in [-0.39, 0.29) is 17.1 Å². The van der Waals surface area contributed by atoms with Gasteiger partial charge in [-0.25, -0.2) is 11.5 Å². The second kappa shape index (κ2) is 6.79. The molecule has 0 fully saturated rings. The molecule has 0 N–H and O–H groups in total. The first-order valence-corrected chi connectivity index (χ1v) is 2.50. The molecule has 0 saturated heterocycles. The Hall–Kier alpha value is -1.32. The molecule has 0 aromatic rings. The molecule has 2 rings (SSSR count). The molecule has 2 aliphatic rings. The van der Waals surface area contributed by atoms with Crippen LogP contribution in [0.5, 0.6) is 0 Å². The van der Waals surface area contributed by atoms with Crippen LogP contribution in [0.1, 0.15) is 0 Å². The fourth-order valence-corrected chi connectivity index (χ4v) is 0.312. The van der Waals surface area contributed by atoms with Crippen LogP contribution in [-0.2, 0) is 17.1 Å². The van der Waals surface area contributed by atoms with Gasteiger partial charge in [0.2, 0.25) is 0 Å². The Kier molecular flexibility index (Phi) is 5.98. The molecule has 2 aliphatic carbocycles. The van der Waals surface area contributed by atoms with E-state index in [0.717, 1.165) is 0 Å². The third-order valence-corrected chi connectivity index (χ3v) is 0.625. The van der Waals surface area contributed by atoms with Gasteiger partial charge in [-0.2, -0.15) is 0 Å². The maximum atomic E-state index is 2.50. The van der Waals surface area contributed by atoms with Crippen LogP contribution < -0.4 is 0 Å². The van der Waals surface area contributed by atoms with Gasteiger partial charge in [-0.1, -0.05) is 0 Å². The molecule has 0 heterocycles. The summed E-state index contributed by atoms with van der Waals surface area (Å²) in [4.78, 5) is 0. The number of allylic oxidation sites excluding steroid dienone is 4. The number of hydrogen-bond acceptors (Lipinski definition) is 0. The van der Waals surface area contributed by atoms with E-state index in [1.165, 1.54) is 0 Å². The van der Waals surface area contributed by atoms with Gasteiger partial charge in [0.15, 0.2) is 0 Å². The average molecular weight is 176 g/mol. The van der Waals surface area contributed by atoms with Crippen LogP contribution in [0.25, 0.3) is 0 Å². The monoisotopic (exact) mass is 176 g/mol. The summed E-state index contributed by atoms with van der Waals surface area (Å²) in [7, 11) is 0. The smallest absolute Gasteiger partial charge is 0.288 e. The van der Waals surface area contributed by atoms with E-state index >= 15 is 0 Å². The Bertz CT molecular complexity index is 303. The molecule has 1 heteroatoms. The van der Waals surface area contributed by atoms with Crippen molar-refractivity contribution < 1.29 is 17.1 Å². The minimum absolute atomic E-state index is 0. The number of rotatable bonds is 0. The van der Waals surface area contributed by atoms with E-state index in [9.17, 15) is 0 Å². The predicted molar refractivity (Wildman–Crippen MR) is 34.0 cm³/mol. The summed E-state index contributed by atoms with van der Waals surface area (Å²) in [5.74, 6) is 0. The van der Waals surface area contributed by atoms with Crippen LogP contribution in [0, 0.1) is 24.3 Å².